The van der Waals surface area contributed by atoms with Crippen molar-refractivity contribution in [3.8, 4) is 0 Å². The normalized spacial score (nSPS) is 14.7. The van der Waals surface area contributed by atoms with Crippen LogP contribution < -0.4 is 0 Å². The first-order valence-electron chi connectivity index (χ1n) is 3.85. The van der Waals surface area contributed by atoms with Gasteiger partial charge in [0.25, 0.3) is 0 Å². The second kappa shape index (κ2) is 2.83. The van der Waals surface area contributed by atoms with E-state index in [-0.39, 0.29) is 0 Å². The Balaban J connectivity index is 2.51. The lowest BCUT2D eigenvalue weighted by Crippen LogP contribution is -1.99. The van der Waals surface area contributed by atoms with Crippen molar-refractivity contribution in [1.29, 1.82) is 0 Å². The number of ether oxygens (including phenoxy) is 1. The van der Waals surface area contributed by atoms with Gasteiger partial charge in [0.2, 0.25) is 0 Å². The molecule has 0 N–H and O–H groups in total. The molecule has 0 amide bonds. The fourth-order valence-corrected chi connectivity index (χ4v) is 1.49. The number of hydrogen-bond acceptors (Lipinski definition) is 1. The van der Waals surface area contributed by atoms with E-state index in [2.05, 4.69) is 0 Å². The van der Waals surface area contributed by atoms with Gasteiger partial charge in [-0.05, 0) is 36.3 Å². The van der Waals surface area contributed by atoms with Crippen LogP contribution in [0.4, 0.5) is 0 Å². The van der Waals surface area contributed by atoms with Gasteiger partial charge in [-0.25, -0.2) is 0 Å². The fourth-order valence-electron chi connectivity index (χ4n) is 1.29. The lowest BCUT2D eigenvalue weighted by Gasteiger charge is -2.15. The first-order valence-corrected chi connectivity index (χ1v) is 4.23. The van der Waals surface area contributed by atoms with E-state index in [0.29, 0.717) is 6.61 Å². The maximum atomic E-state index is 5.84. The molecule has 0 bridgehead atoms. The molecule has 0 fully saturated rings. The van der Waals surface area contributed by atoms with Crippen LogP contribution in [0, 0.1) is 0 Å². The molecule has 1 aliphatic heterocycles. The van der Waals surface area contributed by atoms with E-state index < -0.39 is 0 Å². The Morgan fingerprint density at radius 2 is 2.25 bits per heavy atom. The summed E-state index contributed by atoms with van der Waals surface area (Å²) >= 11 is 5.84. The monoisotopic (exact) mass is 180 g/mol. The molecule has 1 aliphatic rings. The molecule has 0 spiro atoms. The molecule has 0 unspecified atom stereocenters. The summed E-state index contributed by atoms with van der Waals surface area (Å²) in [4.78, 5) is 0. The second-order valence-electron chi connectivity index (χ2n) is 2.89. The fraction of sp³-hybridized carbons (Fsp3) is 0.200. The molecule has 0 saturated carbocycles. The highest BCUT2D eigenvalue weighted by Crippen LogP contribution is 2.24. The Hall–Kier alpha value is -0.950. The lowest BCUT2D eigenvalue weighted by molar-refractivity contribution is 0.199. The van der Waals surface area contributed by atoms with Gasteiger partial charge < -0.3 is 4.74 Å². The van der Waals surface area contributed by atoms with Crippen LogP contribution in [-0.4, -0.2) is 0 Å². The van der Waals surface area contributed by atoms with E-state index in [1.165, 1.54) is 5.56 Å². The van der Waals surface area contributed by atoms with Gasteiger partial charge in [0, 0.05) is 5.02 Å². The summed E-state index contributed by atoms with van der Waals surface area (Å²) in [6.45, 7) is 2.59. The molecule has 2 rings (SSSR count). The zero-order valence-electron chi connectivity index (χ0n) is 6.80. The van der Waals surface area contributed by atoms with Crippen LogP contribution in [0.5, 0.6) is 0 Å². The van der Waals surface area contributed by atoms with Crippen molar-refractivity contribution in [2.24, 2.45) is 0 Å². The third-order valence-electron chi connectivity index (χ3n) is 1.92. The molecule has 0 saturated heterocycles. The molecule has 2 heteroatoms. The molecular formula is C10H9ClO. The number of benzene rings is 1. The zero-order chi connectivity index (χ0) is 8.55. The highest BCUT2D eigenvalue weighted by molar-refractivity contribution is 6.30. The van der Waals surface area contributed by atoms with Crippen molar-refractivity contribution in [2.45, 2.75) is 13.5 Å². The molecule has 1 heterocycles. The van der Waals surface area contributed by atoms with Crippen molar-refractivity contribution in [3.05, 3.63) is 40.1 Å². The van der Waals surface area contributed by atoms with Crippen molar-refractivity contribution < 1.29 is 4.74 Å². The number of allylic oxidation sites excluding steroid dienone is 1. The van der Waals surface area contributed by atoms with Gasteiger partial charge in [0.15, 0.2) is 0 Å². The Labute approximate surface area is 76.6 Å². The minimum atomic E-state index is 0.637. The van der Waals surface area contributed by atoms with Crippen LogP contribution >= 0.6 is 11.6 Å². The summed E-state index contributed by atoms with van der Waals surface area (Å²) in [6, 6.07) is 5.86. The molecule has 1 nitrogen and oxygen atoms in total. The summed E-state index contributed by atoms with van der Waals surface area (Å²) in [5.41, 5.74) is 2.37. The number of halogens is 1. The predicted molar refractivity (Wildman–Crippen MR) is 49.9 cm³/mol. The van der Waals surface area contributed by atoms with Crippen LogP contribution in [-0.2, 0) is 11.3 Å². The highest BCUT2D eigenvalue weighted by atomic mass is 35.5. The average Bonchev–Trinajstić information content (AvgIpc) is 2.05. The van der Waals surface area contributed by atoms with Gasteiger partial charge in [-0.2, -0.15) is 0 Å². The van der Waals surface area contributed by atoms with Gasteiger partial charge in [-0.15, -0.1) is 0 Å². The van der Waals surface area contributed by atoms with Crippen molar-refractivity contribution in [2.75, 3.05) is 0 Å². The van der Waals surface area contributed by atoms with E-state index in [4.69, 9.17) is 16.3 Å². The second-order valence-corrected chi connectivity index (χ2v) is 3.32. The molecule has 1 aromatic carbocycles. The van der Waals surface area contributed by atoms with Gasteiger partial charge in [0.05, 0.1) is 5.76 Å². The summed E-state index contributed by atoms with van der Waals surface area (Å²) in [5.74, 6) is 0.963. The summed E-state index contributed by atoms with van der Waals surface area (Å²) < 4.78 is 5.36. The summed E-state index contributed by atoms with van der Waals surface area (Å²) in [5, 5.41) is 0.769. The molecule has 62 valence electrons. The molecule has 0 atom stereocenters. The van der Waals surface area contributed by atoms with E-state index in [0.717, 1.165) is 16.3 Å². The average molecular weight is 181 g/mol. The van der Waals surface area contributed by atoms with E-state index in [1.807, 2.05) is 31.2 Å². The van der Waals surface area contributed by atoms with Crippen molar-refractivity contribution >= 4 is 17.7 Å². The number of hydrogen-bond donors (Lipinski definition) is 0. The molecule has 1 aromatic rings. The SMILES string of the molecule is CC1=Cc2ccc(Cl)cc2CO1. The van der Waals surface area contributed by atoms with Crippen LogP contribution in [0.15, 0.2) is 24.0 Å². The molecule has 0 aromatic heterocycles. The molecule has 0 radical (unpaired) electrons. The minimum Gasteiger partial charge on any atom is -0.494 e. The maximum absolute atomic E-state index is 5.84. The largest absolute Gasteiger partial charge is 0.494 e. The standard InChI is InChI=1S/C10H9ClO/c1-7-4-8-2-3-10(11)5-9(8)6-12-7/h2-5H,6H2,1H3. The quantitative estimate of drug-likeness (QED) is 0.596. The minimum absolute atomic E-state index is 0.637. The van der Waals surface area contributed by atoms with E-state index in [9.17, 15) is 0 Å². The Kier molecular flexibility index (Phi) is 1.81. The van der Waals surface area contributed by atoms with Crippen LogP contribution in [0.25, 0.3) is 6.08 Å². The highest BCUT2D eigenvalue weighted by Gasteiger charge is 2.07. The Morgan fingerprint density at radius 1 is 1.42 bits per heavy atom. The Bertz CT molecular complexity index is 342. The summed E-state index contributed by atoms with van der Waals surface area (Å²) in [6.07, 6.45) is 2.02. The maximum Gasteiger partial charge on any atom is 0.113 e. The molecular weight excluding hydrogens is 172 g/mol. The molecule has 12 heavy (non-hydrogen) atoms. The Morgan fingerprint density at radius 3 is 3.08 bits per heavy atom. The van der Waals surface area contributed by atoms with Gasteiger partial charge >= 0.3 is 0 Å². The van der Waals surface area contributed by atoms with Gasteiger partial charge in [-0.1, -0.05) is 17.7 Å². The van der Waals surface area contributed by atoms with Crippen molar-refractivity contribution in [1.82, 2.24) is 0 Å². The third-order valence-corrected chi connectivity index (χ3v) is 2.15. The van der Waals surface area contributed by atoms with Crippen molar-refractivity contribution in [3.63, 3.8) is 0 Å². The number of fused-ring (bicyclic) bond motifs is 1. The van der Waals surface area contributed by atoms with Gasteiger partial charge in [-0.3, -0.25) is 0 Å². The van der Waals surface area contributed by atoms with Gasteiger partial charge in [0.1, 0.15) is 6.61 Å². The van der Waals surface area contributed by atoms with Crippen LogP contribution in [0.1, 0.15) is 18.1 Å². The topological polar surface area (TPSA) is 9.23 Å². The summed E-state index contributed by atoms with van der Waals surface area (Å²) in [7, 11) is 0. The third kappa shape index (κ3) is 1.32. The zero-order valence-corrected chi connectivity index (χ0v) is 7.56. The predicted octanol–water partition coefficient (Wildman–Crippen LogP) is 3.23. The first-order chi connectivity index (χ1) is 5.75. The number of rotatable bonds is 0. The first kappa shape index (κ1) is 7.69. The van der Waals surface area contributed by atoms with Crippen LogP contribution in [0.2, 0.25) is 5.02 Å². The molecule has 0 aliphatic carbocycles. The lowest BCUT2D eigenvalue weighted by atomic mass is 10.1. The van der Waals surface area contributed by atoms with E-state index in [1.54, 1.807) is 0 Å². The van der Waals surface area contributed by atoms with Crippen LogP contribution in [0.3, 0.4) is 0 Å². The smallest absolute Gasteiger partial charge is 0.113 e. The van der Waals surface area contributed by atoms with E-state index >= 15 is 0 Å².